The van der Waals surface area contributed by atoms with Gasteiger partial charge in [-0.15, -0.1) is 0 Å². The van der Waals surface area contributed by atoms with Crippen molar-refractivity contribution in [3.05, 3.63) is 6.33 Å². The van der Waals surface area contributed by atoms with Crippen LogP contribution in [0.1, 0.15) is 209 Å². The lowest BCUT2D eigenvalue weighted by Crippen LogP contribution is -2.64. The Morgan fingerprint density at radius 3 is 1.48 bits per heavy atom. The summed E-state index contributed by atoms with van der Waals surface area (Å²) in [7, 11) is 0. The topological polar surface area (TPSA) is 164 Å². The molecule has 0 spiro atoms. The molecule has 1 aromatic heterocycles. The molecule has 0 saturated carbocycles. The summed E-state index contributed by atoms with van der Waals surface area (Å²) < 4.78 is 0. The fourth-order valence-corrected chi connectivity index (χ4v) is 12.1. The van der Waals surface area contributed by atoms with Gasteiger partial charge < -0.3 is 30.9 Å². The Bertz CT molecular complexity index is 1630. The van der Waals surface area contributed by atoms with Crippen LogP contribution in [0.25, 0.3) is 0 Å². The molecule has 0 aromatic carbocycles. The normalized spacial score (nSPS) is 23.6. The van der Waals surface area contributed by atoms with E-state index in [2.05, 4.69) is 121 Å². The van der Waals surface area contributed by atoms with Crippen LogP contribution in [-0.4, -0.2) is 147 Å². The molecule has 67 heavy (non-hydrogen) atoms. The molecule has 3 aliphatic heterocycles. The number of aliphatic hydroxyl groups is 3. The van der Waals surface area contributed by atoms with E-state index < -0.39 is 16.8 Å². The lowest BCUT2D eigenvalue weighted by atomic mass is 9.71. The largest absolute Gasteiger partial charge is 0.388 e. The van der Waals surface area contributed by atoms with Gasteiger partial charge in [0.15, 0.2) is 0 Å². The van der Waals surface area contributed by atoms with Gasteiger partial charge in [-0.05, 0) is 195 Å². The van der Waals surface area contributed by atoms with Gasteiger partial charge in [0.05, 0.1) is 36.6 Å². The van der Waals surface area contributed by atoms with Gasteiger partial charge in [0, 0.05) is 57.9 Å². The summed E-state index contributed by atoms with van der Waals surface area (Å²) in [5.41, 5.74) is -4.26. The second kappa shape index (κ2) is 21.9. The molecule has 4 heterocycles. The highest BCUT2D eigenvalue weighted by Crippen LogP contribution is 2.45. The minimum atomic E-state index is -0.945. The summed E-state index contributed by atoms with van der Waals surface area (Å²) in [6, 6.07) is 0.693. The predicted octanol–water partition coefficient (Wildman–Crippen LogP) is 8.83. The Hall–Kier alpha value is -1.79. The van der Waals surface area contributed by atoms with Crippen LogP contribution in [-0.2, 0) is 14.5 Å². The van der Waals surface area contributed by atoms with Gasteiger partial charge >= 0.3 is 0 Å². The molecule has 0 aliphatic carbocycles. The number of nitrogens with one attached hydrogen (secondary N) is 2. The number of hydrogen-bond acceptors (Lipinski definition) is 15. The second-order valence-electron chi connectivity index (χ2n) is 26.6. The van der Waals surface area contributed by atoms with E-state index in [-0.39, 0.29) is 65.1 Å². The number of nitrogens with zero attached hydrogens (tertiary/aromatic N) is 7. The smallest absolute Gasteiger partial charge is 0.230 e. The molecule has 390 valence electrons. The number of aromatic nitrogens is 3. The van der Waals surface area contributed by atoms with Crippen LogP contribution in [0.3, 0.4) is 0 Å². The fourth-order valence-electron chi connectivity index (χ4n) is 12.1. The average molecular weight is 948 g/mol. The van der Waals surface area contributed by atoms with Crippen molar-refractivity contribution < 1.29 is 29.8 Å². The molecule has 5 N–H and O–H groups in total. The van der Waals surface area contributed by atoms with E-state index in [0.717, 1.165) is 90.1 Å². The number of hydroxylamine groups is 6. The molecular formula is C52H101N9O6. The van der Waals surface area contributed by atoms with Gasteiger partial charge in [0.2, 0.25) is 11.9 Å². The van der Waals surface area contributed by atoms with Crippen LogP contribution in [0.5, 0.6) is 0 Å². The van der Waals surface area contributed by atoms with Crippen LogP contribution in [0.2, 0.25) is 0 Å². The fraction of sp³-hybridized carbons (Fsp3) is 0.942. The summed E-state index contributed by atoms with van der Waals surface area (Å²) in [4.78, 5) is 36.3. The van der Waals surface area contributed by atoms with Crippen molar-refractivity contribution >= 4 is 11.9 Å². The number of unbranched alkanes of at least 4 members (excludes halogenated alkanes) is 3. The first-order chi connectivity index (χ1) is 30.5. The van der Waals surface area contributed by atoms with Crippen molar-refractivity contribution in [1.82, 2.24) is 35.5 Å². The number of anilines is 2. The highest BCUT2D eigenvalue weighted by atomic mass is 16.7. The van der Waals surface area contributed by atoms with Crippen molar-refractivity contribution in [2.75, 3.05) is 43.1 Å². The predicted molar refractivity (Wildman–Crippen MR) is 271 cm³/mol. The van der Waals surface area contributed by atoms with Crippen molar-refractivity contribution in [1.29, 1.82) is 0 Å². The summed E-state index contributed by atoms with van der Waals surface area (Å²) >= 11 is 0. The first kappa shape index (κ1) is 57.8. The van der Waals surface area contributed by atoms with Crippen LogP contribution in [0, 0.1) is 5.92 Å². The van der Waals surface area contributed by atoms with E-state index in [1.54, 1.807) is 47.9 Å². The third-order valence-electron chi connectivity index (χ3n) is 13.9. The molecule has 3 fully saturated rings. The van der Waals surface area contributed by atoms with Crippen molar-refractivity contribution in [2.24, 2.45) is 5.92 Å². The monoisotopic (exact) mass is 948 g/mol. The first-order valence-corrected chi connectivity index (χ1v) is 25.9. The van der Waals surface area contributed by atoms with Crippen LogP contribution >= 0.6 is 0 Å². The highest BCUT2D eigenvalue weighted by molar-refractivity contribution is 5.38. The molecule has 4 rings (SSSR count). The van der Waals surface area contributed by atoms with E-state index in [1.807, 2.05) is 0 Å². The average Bonchev–Trinajstić information content (AvgIpc) is 3.11. The standard InChI is InChI=1S/C52H101N9O6/c1-20-25-41(38-28-44(2,3)59(45(4,5)29-38)65-34-50(14,15)62)56-42-54-37-55-43(57-42)58(40-32-48(10,11)61(49(12,13)33-40)67-36-52(18,19)64)27-24-22-21-23-26-53-39-30-46(6,7)60(47(8,9)31-39)66-35-51(16,17)63/h37-41,53,62-64H,20-36H2,1-19H3,(H,54,55,56,57). The zero-order valence-electron chi connectivity index (χ0n) is 46.1. The van der Waals surface area contributed by atoms with Gasteiger partial charge in [-0.2, -0.15) is 20.2 Å². The second-order valence-corrected chi connectivity index (χ2v) is 26.6. The van der Waals surface area contributed by atoms with Gasteiger partial charge in [0.1, 0.15) is 6.33 Å². The quantitative estimate of drug-likeness (QED) is 0.0625. The van der Waals surface area contributed by atoms with E-state index in [9.17, 15) is 15.3 Å². The highest BCUT2D eigenvalue weighted by Gasteiger charge is 2.51. The van der Waals surface area contributed by atoms with Gasteiger partial charge in [-0.3, -0.25) is 14.5 Å². The molecule has 0 radical (unpaired) electrons. The number of hydrogen-bond donors (Lipinski definition) is 5. The Balaban J connectivity index is 1.49. The third kappa shape index (κ3) is 16.9. The lowest BCUT2D eigenvalue weighted by molar-refractivity contribution is -0.303. The number of rotatable bonds is 24. The molecule has 3 saturated heterocycles. The van der Waals surface area contributed by atoms with Gasteiger partial charge in [0.25, 0.3) is 0 Å². The zero-order valence-corrected chi connectivity index (χ0v) is 46.1. The molecule has 15 heteroatoms. The summed E-state index contributed by atoms with van der Waals surface area (Å²) in [6.45, 7) is 42.4. The zero-order chi connectivity index (χ0) is 50.7. The minimum absolute atomic E-state index is 0.148. The van der Waals surface area contributed by atoms with Gasteiger partial charge in [-0.1, -0.05) is 26.2 Å². The lowest BCUT2D eigenvalue weighted by Gasteiger charge is -2.56. The van der Waals surface area contributed by atoms with Gasteiger partial charge in [-0.25, -0.2) is 9.97 Å². The van der Waals surface area contributed by atoms with E-state index in [4.69, 9.17) is 29.5 Å². The summed E-state index contributed by atoms with van der Waals surface area (Å²) in [6.07, 6.45) is 13.5. The van der Waals surface area contributed by atoms with Crippen LogP contribution < -0.4 is 15.5 Å². The SMILES string of the molecule is CCCC(Nc1ncnc(N(CCCCCCNC2CC(C)(C)N(OCC(C)(C)O)C(C)(C)C2)C2CC(C)(C)N(OCC(C)(C)O)C(C)(C)C2)n1)C1CC(C)(C)N(OCC(C)(C)O)C(C)(C)C1. The molecule has 1 aromatic rings. The molecule has 0 bridgehead atoms. The maximum absolute atomic E-state index is 10.6. The van der Waals surface area contributed by atoms with E-state index >= 15 is 0 Å². The molecule has 0 amide bonds. The van der Waals surface area contributed by atoms with Crippen LogP contribution in [0.15, 0.2) is 6.33 Å². The van der Waals surface area contributed by atoms with Crippen molar-refractivity contribution in [2.45, 2.75) is 277 Å². The summed E-state index contributed by atoms with van der Waals surface area (Å²) in [5, 5.41) is 45.6. The first-order valence-electron chi connectivity index (χ1n) is 25.9. The number of piperidine rings is 3. The maximum atomic E-state index is 10.6. The molecular weight excluding hydrogens is 847 g/mol. The molecule has 1 atom stereocenters. The van der Waals surface area contributed by atoms with Crippen molar-refractivity contribution in [3.8, 4) is 0 Å². The summed E-state index contributed by atoms with van der Waals surface area (Å²) in [5.74, 6) is 1.66. The Morgan fingerprint density at radius 1 is 0.627 bits per heavy atom. The maximum Gasteiger partial charge on any atom is 0.230 e. The Morgan fingerprint density at radius 2 is 1.04 bits per heavy atom. The molecule has 3 aliphatic rings. The third-order valence-corrected chi connectivity index (χ3v) is 13.9. The minimum Gasteiger partial charge on any atom is -0.388 e. The molecule has 1 unspecified atom stereocenters. The molecule has 15 nitrogen and oxygen atoms in total. The Labute approximate surface area is 408 Å². The van der Waals surface area contributed by atoms with Crippen LogP contribution in [0.4, 0.5) is 11.9 Å². The Kier molecular flexibility index (Phi) is 18.9. The van der Waals surface area contributed by atoms with Crippen molar-refractivity contribution in [3.63, 3.8) is 0 Å². The van der Waals surface area contributed by atoms with E-state index in [1.165, 1.54) is 0 Å². The van der Waals surface area contributed by atoms with E-state index in [0.29, 0.717) is 23.9 Å².